The Hall–Kier alpha value is -1.01. The SMILES string of the molecule is Fc1ccc(CNc2c(F)cc(Br)cc2F)cc1Br. The predicted molar refractivity (Wildman–Crippen MR) is 75.5 cm³/mol. The minimum Gasteiger partial charge on any atom is -0.376 e. The maximum atomic E-state index is 13.6. The first-order valence-electron chi connectivity index (χ1n) is 5.29. The van der Waals surface area contributed by atoms with Crippen LogP contribution in [-0.2, 0) is 6.54 Å². The summed E-state index contributed by atoms with van der Waals surface area (Å²) in [5.74, 6) is -1.76. The third-order valence-electron chi connectivity index (χ3n) is 2.46. The normalized spacial score (nSPS) is 10.6. The number of rotatable bonds is 3. The van der Waals surface area contributed by atoms with Crippen LogP contribution >= 0.6 is 31.9 Å². The van der Waals surface area contributed by atoms with Crippen molar-refractivity contribution in [1.29, 1.82) is 0 Å². The largest absolute Gasteiger partial charge is 0.376 e. The highest BCUT2D eigenvalue weighted by Gasteiger charge is 2.10. The van der Waals surface area contributed by atoms with Crippen molar-refractivity contribution in [3.63, 3.8) is 0 Å². The summed E-state index contributed by atoms with van der Waals surface area (Å²) in [6.45, 7) is 0.189. The first kappa shape index (κ1) is 14.4. The van der Waals surface area contributed by atoms with E-state index in [9.17, 15) is 13.2 Å². The molecule has 0 heterocycles. The van der Waals surface area contributed by atoms with Gasteiger partial charge in [0.2, 0.25) is 0 Å². The molecule has 0 amide bonds. The van der Waals surface area contributed by atoms with E-state index in [0.717, 1.165) is 0 Å². The van der Waals surface area contributed by atoms with E-state index in [1.165, 1.54) is 18.2 Å². The number of benzene rings is 2. The molecule has 6 heteroatoms. The Morgan fingerprint density at radius 3 is 2.11 bits per heavy atom. The fourth-order valence-corrected chi connectivity index (χ4v) is 2.38. The third-order valence-corrected chi connectivity index (χ3v) is 3.53. The Labute approximate surface area is 125 Å². The Morgan fingerprint density at radius 1 is 0.895 bits per heavy atom. The van der Waals surface area contributed by atoms with Gasteiger partial charge in [0, 0.05) is 11.0 Å². The lowest BCUT2D eigenvalue weighted by Gasteiger charge is -2.10. The molecule has 0 bridgehead atoms. The van der Waals surface area contributed by atoms with Gasteiger partial charge in [0.15, 0.2) is 0 Å². The van der Waals surface area contributed by atoms with Crippen LogP contribution in [0.5, 0.6) is 0 Å². The molecule has 0 fully saturated rings. The van der Waals surface area contributed by atoms with Gasteiger partial charge in [0.05, 0.1) is 4.47 Å². The van der Waals surface area contributed by atoms with Crippen molar-refractivity contribution < 1.29 is 13.2 Å². The Balaban J connectivity index is 2.16. The summed E-state index contributed by atoms with van der Waals surface area (Å²) in [6, 6.07) is 6.73. The van der Waals surface area contributed by atoms with Gasteiger partial charge in [0.25, 0.3) is 0 Å². The summed E-state index contributed by atoms with van der Waals surface area (Å²) < 4.78 is 40.8. The molecule has 0 radical (unpaired) electrons. The van der Waals surface area contributed by atoms with Crippen LogP contribution in [0.4, 0.5) is 18.9 Å². The molecule has 0 unspecified atom stereocenters. The average molecular weight is 395 g/mol. The lowest BCUT2D eigenvalue weighted by Crippen LogP contribution is -2.04. The molecule has 0 saturated carbocycles. The lowest BCUT2D eigenvalue weighted by molar-refractivity contribution is 0.586. The molecule has 0 aliphatic rings. The van der Waals surface area contributed by atoms with Crippen LogP contribution < -0.4 is 5.32 Å². The van der Waals surface area contributed by atoms with Gasteiger partial charge in [-0.1, -0.05) is 22.0 Å². The highest BCUT2D eigenvalue weighted by atomic mass is 79.9. The number of hydrogen-bond donors (Lipinski definition) is 1. The molecule has 2 aromatic rings. The fraction of sp³-hybridized carbons (Fsp3) is 0.0769. The van der Waals surface area contributed by atoms with E-state index in [1.807, 2.05) is 0 Å². The first-order valence-corrected chi connectivity index (χ1v) is 6.88. The van der Waals surface area contributed by atoms with Crippen LogP contribution in [0.2, 0.25) is 0 Å². The molecule has 0 saturated heterocycles. The predicted octanol–water partition coefficient (Wildman–Crippen LogP) is 5.24. The third kappa shape index (κ3) is 3.51. The van der Waals surface area contributed by atoms with Gasteiger partial charge in [-0.2, -0.15) is 0 Å². The molecule has 0 aromatic heterocycles. The Kier molecular flexibility index (Phi) is 4.52. The standard InChI is InChI=1S/C13H8Br2F3N/c14-8-4-11(17)13(12(18)5-8)19-6-7-1-2-10(16)9(15)3-7/h1-5,19H,6H2. The van der Waals surface area contributed by atoms with Crippen LogP contribution in [0, 0.1) is 17.5 Å². The van der Waals surface area contributed by atoms with E-state index in [1.54, 1.807) is 12.1 Å². The molecular weight excluding hydrogens is 387 g/mol. The van der Waals surface area contributed by atoms with Gasteiger partial charge in [-0.25, -0.2) is 13.2 Å². The van der Waals surface area contributed by atoms with Crippen molar-refractivity contribution in [1.82, 2.24) is 0 Å². The van der Waals surface area contributed by atoms with Gasteiger partial charge >= 0.3 is 0 Å². The molecule has 2 aromatic carbocycles. The summed E-state index contributed by atoms with van der Waals surface area (Å²) in [6.07, 6.45) is 0. The second-order valence-corrected chi connectivity index (χ2v) is 5.62. The molecule has 19 heavy (non-hydrogen) atoms. The van der Waals surface area contributed by atoms with E-state index in [2.05, 4.69) is 37.2 Å². The number of halogens is 5. The van der Waals surface area contributed by atoms with Gasteiger partial charge in [0.1, 0.15) is 23.1 Å². The average Bonchev–Trinajstić information content (AvgIpc) is 2.32. The monoisotopic (exact) mass is 393 g/mol. The molecule has 0 spiro atoms. The Morgan fingerprint density at radius 2 is 1.53 bits per heavy atom. The van der Waals surface area contributed by atoms with Gasteiger partial charge < -0.3 is 5.32 Å². The van der Waals surface area contributed by atoms with Crippen molar-refractivity contribution in [3.05, 3.63) is 62.3 Å². The van der Waals surface area contributed by atoms with Crippen molar-refractivity contribution in [3.8, 4) is 0 Å². The highest BCUT2D eigenvalue weighted by molar-refractivity contribution is 9.10. The van der Waals surface area contributed by atoms with Crippen molar-refractivity contribution in [2.75, 3.05) is 5.32 Å². The first-order chi connectivity index (χ1) is 8.97. The second-order valence-electron chi connectivity index (χ2n) is 3.85. The summed E-state index contributed by atoms with van der Waals surface area (Å²) in [5.41, 5.74) is 0.499. The summed E-state index contributed by atoms with van der Waals surface area (Å²) in [7, 11) is 0. The molecule has 1 N–H and O–H groups in total. The maximum Gasteiger partial charge on any atom is 0.150 e. The van der Waals surface area contributed by atoms with Crippen LogP contribution in [0.1, 0.15) is 5.56 Å². The molecular formula is C13H8Br2F3N. The summed E-state index contributed by atoms with van der Waals surface area (Å²) in [4.78, 5) is 0. The van der Waals surface area contributed by atoms with Crippen molar-refractivity contribution >= 4 is 37.5 Å². The molecule has 0 atom stereocenters. The van der Waals surface area contributed by atoms with Crippen molar-refractivity contribution in [2.45, 2.75) is 6.54 Å². The van der Waals surface area contributed by atoms with Crippen LogP contribution in [0.3, 0.4) is 0 Å². The van der Waals surface area contributed by atoms with E-state index in [-0.39, 0.29) is 18.0 Å². The van der Waals surface area contributed by atoms with E-state index in [0.29, 0.717) is 14.5 Å². The molecule has 0 aliphatic carbocycles. The van der Waals surface area contributed by atoms with Crippen LogP contribution in [0.25, 0.3) is 0 Å². The molecule has 100 valence electrons. The zero-order valence-electron chi connectivity index (χ0n) is 9.48. The van der Waals surface area contributed by atoms with Gasteiger partial charge in [-0.15, -0.1) is 0 Å². The topological polar surface area (TPSA) is 12.0 Å². The zero-order valence-corrected chi connectivity index (χ0v) is 12.7. The number of anilines is 1. The second kappa shape index (κ2) is 5.96. The highest BCUT2D eigenvalue weighted by Crippen LogP contribution is 2.25. The number of hydrogen-bond acceptors (Lipinski definition) is 1. The van der Waals surface area contributed by atoms with Crippen molar-refractivity contribution in [2.24, 2.45) is 0 Å². The van der Waals surface area contributed by atoms with E-state index in [4.69, 9.17) is 0 Å². The minimum absolute atomic E-state index is 0.189. The summed E-state index contributed by atoms with van der Waals surface area (Å²) >= 11 is 6.06. The van der Waals surface area contributed by atoms with E-state index >= 15 is 0 Å². The van der Waals surface area contributed by atoms with Gasteiger partial charge in [-0.3, -0.25) is 0 Å². The maximum absolute atomic E-state index is 13.6. The Bertz CT molecular complexity index is 594. The van der Waals surface area contributed by atoms with E-state index < -0.39 is 11.6 Å². The quantitative estimate of drug-likeness (QED) is 0.750. The van der Waals surface area contributed by atoms with Crippen LogP contribution in [0.15, 0.2) is 39.3 Å². The molecule has 1 nitrogen and oxygen atoms in total. The fourth-order valence-electron chi connectivity index (χ4n) is 1.55. The minimum atomic E-state index is -0.687. The number of nitrogens with one attached hydrogen (secondary N) is 1. The zero-order chi connectivity index (χ0) is 14.0. The smallest absolute Gasteiger partial charge is 0.150 e. The van der Waals surface area contributed by atoms with Gasteiger partial charge in [-0.05, 0) is 45.8 Å². The molecule has 0 aliphatic heterocycles. The summed E-state index contributed by atoms with van der Waals surface area (Å²) in [5, 5.41) is 2.66. The van der Waals surface area contributed by atoms with Crippen LogP contribution in [-0.4, -0.2) is 0 Å². The lowest BCUT2D eigenvalue weighted by atomic mass is 10.2. The molecule has 2 rings (SSSR count).